The fourth-order valence-corrected chi connectivity index (χ4v) is 0.968. The van der Waals surface area contributed by atoms with Crippen molar-refractivity contribution in [3.8, 4) is 5.75 Å². The second-order valence-corrected chi connectivity index (χ2v) is 2.76. The van der Waals surface area contributed by atoms with Crippen molar-refractivity contribution >= 4 is 5.69 Å². The molecule has 1 rings (SSSR count). The van der Waals surface area contributed by atoms with Crippen LogP contribution in [0.15, 0.2) is 18.2 Å². The summed E-state index contributed by atoms with van der Waals surface area (Å²) in [4.78, 5) is 0. The maximum atomic E-state index is 12.0. The van der Waals surface area contributed by atoms with Crippen LogP contribution in [0.4, 0.5) is 18.9 Å². The number of hydrogen-bond donors (Lipinski definition) is 3. The van der Waals surface area contributed by atoms with Crippen LogP contribution in [0.3, 0.4) is 0 Å². The zero-order valence-corrected chi connectivity index (χ0v) is 6.92. The van der Waals surface area contributed by atoms with E-state index in [0.29, 0.717) is 0 Å². The highest BCUT2D eigenvalue weighted by molar-refractivity contribution is 5.48. The largest absolute Gasteiger partial charge is 0.508 e. The number of alkyl halides is 3. The van der Waals surface area contributed by atoms with Gasteiger partial charge in [0.25, 0.3) is 0 Å². The number of aliphatic hydroxyl groups is 1. The van der Waals surface area contributed by atoms with Crippen LogP contribution in [0.2, 0.25) is 0 Å². The summed E-state index contributed by atoms with van der Waals surface area (Å²) in [6.45, 7) is 0. The summed E-state index contributed by atoms with van der Waals surface area (Å²) in [5, 5.41) is 17.9. The first-order valence-electron chi connectivity index (χ1n) is 3.65. The lowest BCUT2D eigenvalue weighted by atomic mass is 10.1. The smallest absolute Gasteiger partial charge is 0.418 e. The minimum absolute atomic E-state index is 0.0427. The van der Waals surface area contributed by atoms with Gasteiger partial charge in [0.2, 0.25) is 0 Å². The van der Waals surface area contributed by atoms with Gasteiger partial charge >= 0.3 is 6.18 Å². The predicted molar refractivity (Wildman–Crippen MR) is 43.5 cm³/mol. The van der Waals surface area contributed by atoms with Gasteiger partial charge in [-0.2, -0.15) is 13.2 Å². The molecule has 0 aliphatic heterocycles. The van der Waals surface area contributed by atoms with Gasteiger partial charge in [0, 0.05) is 11.3 Å². The summed E-state index contributed by atoms with van der Waals surface area (Å²) in [5.74, 6) is -0.635. The van der Waals surface area contributed by atoms with E-state index in [-0.39, 0.29) is 5.69 Å². The molecule has 1 aromatic rings. The third-order valence-electron chi connectivity index (χ3n) is 1.66. The van der Waals surface area contributed by atoms with Crippen molar-refractivity contribution in [3.05, 3.63) is 23.8 Å². The number of rotatable bonds is 1. The normalized spacial score (nSPS) is 14.0. The second-order valence-electron chi connectivity index (χ2n) is 2.76. The van der Waals surface area contributed by atoms with Gasteiger partial charge in [-0.05, 0) is 18.2 Å². The summed E-state index contributed by atoms with van der Waals surface area (Å²) in [5.41, 5.74) is 4.62. The number of halogens is 3. The van der Waals surface area contributed by atoms with Crippen LogP contribution < -0.4 is 5.73 Å². The number of aliphatic hydroxyl groups excluding tert-OH is 1. The molecular weight excluding hydrogens is 199 g/mol. The van der Waals surface area contributed by atoms with Crippen molar-refractivity contribution in [2.24, 2.45) is 0 Å². The van der Waals surface area contributed by atoms with E-state index in [0.717, 1.165) is 12.1 Å². The van der Waals surface area contributed by atoms with E-state index >= 15 is 0 Å². The molecule has 1 unspecified atom stereocenters. The molecule has 0 spiro atoms. The molecular formula is C8H8F3NO2. The molecule has 78 valence electrons. The van der Waals surface area contributed by atoms with Crippen LogP contribution in [-0.4, -0.2) is 16.4 Å². The minimum Gasteiger partial charge on any atom is -0.508 e. The van der Waals surface area contributed by atoms with Gasteiger partial charge in [-0.25, -0.2) is 0 Å². The fraction of sp³-hybridized carbons (Fsp3) is 0.250. The van der Waals surface area contributed by atoms with E-state index in [1.807, 2.05) is 0 Å². The molecule has 0 fully saturated rings. The molecule has 14 heavy (non-hydrogen) atoms. The number of anilines is 1. The quantitative estimate of drug-likeness (QED) is 0.483. The van der Waals surface area contributed by atoms with E-state index in [1.54, 1.807) is 0 Å². The molecule has 1 aromatic carbocycles. The van der Waals surface area contributed by atoms with E-state index in [9.17, 15) is 13.2 Å². The van der Waals surface area contributed by atoms with Crippen molar-refractivity contribution in [3.63, 3.8) is 0 Å². The Labute approximate surface area is 77.6 Å². The van der Waals surface area contributed by atoms with Crippen LogP contribution >= 0.6 is 0 Å². The Kier molecular flexibility index (Phi) is 2.57. The van der Waals surface area contributed by atoms with Crippen molar-refractivity contribution in [1.82, 2.24) is 0 Å². The first-order chi connectivity index (χ1) is 6.32. The van der Waals surface area contributed by atoms with E-state index < -0.39 is 23.6 Å². The highest BCUT2D eigenvalue weighted by Gasteiger charge is 2.40. The van der Waals surface area contributed by atoms with Gasteiger partial charge in [0.15, 0.2) is 6.10 Å². The average Bonchev–Trinajstić information content (AvgIpc) is 2.06. The monoisotopic (exact) mass is 207 g/mol. The van der Waals surface area contributed by atoms with Crippen LogP contribution in [0, 0.1) is 0 Å². The Bertz CT molecular complexity index is 338. The zero-order valence-electron chi connectivity index (χ0n) is 6.92. The molecule has 0 bridgehead atoms. The Balaban J connectivity index is 3.12. The van der Waals surface area contributed by atoms with Crippen molar-refractivity contribution < 1.29 is 23.4 Å². The third kappa shape index (κ3) is 2.08. The molecule has 0 heterocycles. The maximum Gasteiger partial charge on any atom is 0.418 e. The lowest BCUT2D eigenvalue weighted by Gasteiger charge is -2.16. The summed E-state index contributed by atoms with van der Waals surface area (Å²) in [6.07, 6.45) is -7.53. The first kappa shape index (κ1) is 10.6. The van der Waals surface area contributed by atoms with Crippen molar-refractivity contribution in [1.29, 1.82) is 0 Å². The Morgan fingerprint density at radius 2 is 1.86 bits per heavy atom. The predicted octanol–water partition coefficient (Wildman–Crippen LogP) is 1.57. The highest BCUT2D eigenvalue weighted by atomic mass is 19.4. The number of hydrogen-bond acceptors (Lipinski definition) is 3. The molecule has 4 N–H and O–H groups in total. The van der Waals surface area contributed by atoms with E-state index in [4.69, 9.17) is 15.9 Å². The molecule has 0 aliphatic carbocycles. The second kappa shape index (κ2) is 3.38. The maximum absolute atomic E-state index is 12.0. The van der Waals surface area contributed by atoms with Gasteiger partial charge in [-0.1, -0.05) is 0 Å². The highest BCUT2D eigenvalue weighted by Crippen LogP contribution is 2.37. The molecule has 0 radical (unpaired) electrons. The Hall–Kier alpha value is -1.43. The molecule has 0 amide bonds. The number of phenols is 1. The average molecular weight is 207 g/mol. The summed E-state index contributed by atoms with van der Waals surface area (Å²) < 4.78 is 36.1. The van der Waals surface area contributed by atoms with Gasteiger partial charge < -0.3 is 15.9 Å². The van der Waals surface area contributed by atoms with Gasteiger partial charge in [-0.3, -0.25) is 0 Å². The number of benzene rings is 1. The molecule has 0 saturated heterocycles. The number of aromatic hydroxyl groups is 1. The topological polar surface area (TPSA) is 66.5 Å². The van der Waals surface area contributed by atoms with Crippen LogP contribution in [-0.2, 0) is 0 Å². The molecule has 6 heteroatoms. The lowest BCUT2D eigenvalue weighted by molar-refractivity contribution is -0.207. The SMILES string of the molecule is Nc1ccc(O)c(C(O)C(F)(F)F)c1. The first-order valence-corrected chi connectivity index (χ1v) is 3.65. The number of phenolic OH excluding ortho intramolecular Hbond substituents is 1. The molecule has 0 saturated carbocycles. The van der Waals surface area contributed by atoms with Gasteiger partial charge in [0.05, 0.1) is 0 Å². The summed E-state index contributed by atoms with van der Waals surface area (Å²) in [7, 11) is 0. The number of nitrogens with two attached hydrogens (primary N) is 1. The zero-order chi connectivity index (χ0) is 10.9. The Morgan fingerprint density at radius 1 is 1.29 bits per heavy atom. The minimum atomic E-state index is -4.81. The van der Waals surface area contributed by atoms with Gasteiger partial charge in [-0.15, -0.1) is 0 Å². The van der Waals surface area contributed by atoms with Gasteiger partial charge in [0.1, 0.15) is 5.75 Å². The molecule has 1 atom stereocenters. The van der Waals surface area contributed by atoms with Crippen molar-refractivity contribution in [2.45, 2.75) is 12.3 Å². The molecule has 0 aliphatic rings. The molecule has 0 aromatic heterocycles. The summed E-state index contributed by atoms with van der Waals surface area (Å²) >= 11 is 0. The van der Waals surface area contributed by atoms with Crippen LogP contribution in [0.1, 0.15) is 11.7 Å². The van der Waals surface area contributed by atoms with Crippen molar-refractivity contribution in [2.75, 3.05) is 5.73 Å². The third-order valence-corrected chi connectivity index (χ3v) is 1.66. The van der Waals surface area contributed by atoms with E-state index in [1.165, 1.54) is 6.07 Å². The van der Waals surface area contributed by atoms with E-state index in [2.05, 4.69) is 0 Å². The Morgan fingerprint density at radius 3 is 2.36 bits per heavy atom. The fourth-order valence-electron chi connectivity index (χ4n) is 0.968. The summed E-state index contributed by atoms with van der Waals surface area (Å²) in [6, 6.07) is 3.12. The lowest BCUT2D eigenvalue weighted by Crippen LogP contribution is -2.20. The standard InChI is InChI=1S/C8H8F3NO2/c9-8(10,11)7(14)5-3-4(12)1-2-6(5)13/h1-3,7,13-14H,12H2. The molecule has 3 nitrogen and oxygen atoms in total. The van der Waals surface area contributed by atoms with Crippen LogP contribution in [0.25, 0.3) is 0 Å². The number of nitrogen functional groups attached to an aromatic ring is 1. The van der Waals surface area contributed by atoms with Crippen LogP contribution in [0.5, 0.6) is 5.75 Å².